The van der Waals surface area contributed by atoms with Gasteiger partial charge in [-0.25, -0.2) is 9.37 Å². The second-order valence-corrected chi connectivity index (χ2v) is 8.38. The quantitative estimate of drug-likeness (QED) is 0.535. The number of carbonyl (C=O) groups excluding carboxylic acids is 2. The van der Waals surface area contributed by atoms with Crippen LogP contribution in [-0.4, -0.2) is 45.1 Å². The zero-order valence-electron chi connectivity index (χ0n) is 17.7. The molecule has 1 heterocycles. The Kier molecular flexibility index (Phi) is 7.46. The smallest absolute Gasteiger partial charge is 0.243 e. The lowest BCUT2D eigenvalue weighted by molar-refractivity contribution is -0.132. The number of aromatic nitrogens is 2. The lowest BCUT2D eigenvalue weighted by atomic mass is 10.1. The number of nitrogens with one attached hydrogen (secondary N) is 1. The van der Waals surface area contributed by atoms with Crippen LogP contribution < -0.4 is 5.32 Å². The van der Waals surface area contributed by atoms with Crippen LogP contribution in [-0.2, 0) is 16.0 Å². The van der Waals surface area contributed by atoms with Crippen LogP contribution >= 0.6 is 11.8 Å². The van der Waals surface area contributed by atoms with E-state index in [-0.39, 0.29) is 24.2 Å². The number of para-hydroxylation sites is 1. The maximum atomic E-state index is 13.6. The average Bonchev–Trinajstić information content (AvgIpc) is 3.21. The van der Waals surface area contributed by atoms with Crippen LogP contribution in [0.5, 0.6) is 0 Å². The van der Waals surface area contributed by atoms with Crippen LogP contribution in [0.2, 0.25) is 0 Å². The molecule has 0 bridgehead atoms. The highest BCUT2D eigenvalue weighted by atomic mass is 32.2. The summed E-state index contributed by atoms with van der Waals surface area (Å²) in [4.78, 5) is 30.9. The Morgan fingerprint density at radius 3 is 2.74 bits per heavy atom. The Hall–Kier alpha value is -3.13. The van der Waals surface area contributed by atoms with Crippen LogP contribution in [0.15, 0.2) is 66.1 Å². The van der Waals surface area contributed by atoms with E-state index in [1.54, 1.807) is 43.1 Å². The number of nitrogens with zero attached hydrogens (tertiary/aromatic N) is 3. The first-order chi connectivity index (χ1) is 14.9. The summed E-state index contributed by atoms with van der Waals surface area (Å²) in [6.07, 6.45) is 4.13. The van der Waals surface area contributed by atoms with Crippen LogP contribution in [0.4, 0.5) is 10.1 Å². The molecule has 2 amide bonds. The molecule has 0 aliphatic rings. The second kappa shape index (κ2) is 10.3. The number of anilines is 1. The van der Waals surface area contributed by atoms with E-state index in [1.807, 2.05) is 31.2 Å². The fourth-order valence-corrected chi connectivity index (χ4v) is 4.15. The molecule has 0 radical (unpaired) electrons. The minimum Gasteiger partial charge on any atom is -0.335 e. The van der Waals surface area contributed by atoms with Gasteiger partial charge in [0.25, 0.3) is 0 Å². The Morgan fingerprint density at radius 2 is 2.00 bits per heavy atom. The third-order valence-electron chi connectivity index (χ3n) is 4.75. The molecule has 0 fully saturated rings. The van der Waals surface area contributed by atoms with E-state index < -0.39 is 5.25 Å². The van der Waals surface area contributed by atoms with Crippen molar-refractivity contribution >= 4 is 29.3 Å². The average molecular weight is 441 g/mol. The van der Waals surface area contributed by atoms with Gasteiger partial charge in [0.2, 0.25) is 11.8 Å². The van der Waals surface area contributed by atoms with E-state index in [0.29, 0.717) is 10.8 Å². The summed E-state index contributed by atoms with van der Waals surface area (Å²) in [5.41, 5.74) is 2.43. The zero-order valence-corrected chi connectivity index (χ0v) is 18.5. The van der Waals surface area contributed by atoms with Gasteiger partial charge in [0.15, 0.2) is 5.16 Å². The van der Waals surface area contributed by atoms with Gasteiger partial charge in [0, 0.05) is 25.1 Å². The molecule has 0 aliphatic carbocycles. The number of likely N-dealkylation sites (N-methyl/N-ethyl adjacent to an activating group) is 1. The molecule has 2 aromatic carbocycles. The summed E-state index contributed by atoms with van der Waals surface area (Å²) in [5.74, 6) is -0.797. The fraction of sp³-hybridized carbons (Fsp3) is 0.261. The van der Waals surface area contributed by atoms with Crippen molar-refractivity contribution in [1.29, 1.82) is 0 Å². The van der Waals surface area contributed by atoms with Crippen molar-refractivity contribution in [2.75, 3.05) is 18.9 Å². The van der Waals surface area contributed by atoms with Gasteiger partial charge in [0.05, 0.1) is 17.5 Å². The first-order valence-corrected chi connectivity index (χ1v) is 10.9. The Labute approximate surface area is 185 Å². The standard InChI is InChI=1S/C23H25FN4O2S/c1-4-17-8-5-6-11-20(17)26-21(29)15-27(3)22(30)16(2)31-23-25-12-13-28(23)19-10-7-9-18(24)14-19/h5-14,16H,4,15H2,1-3H3,(H,26,29). The SMILES string of the molecule is CCc1ccccc1NC(=O)CN(C)C(=O)C(C)Sc1nccn1-c1cccc(F)c1. The number of rotatable bonds is 8. The van der Waals surface area contributed by atoms with E-state index in [9.17, 15) is 14.0 Å². The molecule has 1 aromatic heterocycles. The summed E-state index contributed by atoms with van der Waals surface area (Å²) in [7, 11) is 1.60. The van der Waals surface area contributed by atoms with Crippen molar-refractivity contribution in [2.45, 2.75) is 30.7 Å². The van der Waals surface area contributed by atoms with Crippen molar-refractivity contribution in [3.63, 3.8) is 0 Å². The molecule has 0 saturated heterocycles. The Morgan fingerprint density at radius 1 is 1.23 bits per heavy atom. The van der Waals surface area contributed by atoms with Crippen molar-refractivity contribution in [1.82, 2.24) is 14.5 Å². The summed E-state index contributed by atoms with van der Waals surface area (Å²) >= 11 is 1.26. The van der Waals surface area contributed by atoms with E-state index in [4.69, 9.17) is 0 Å². The highest BCUT2D eigenvalue weighted by Gasteiger charge is 2.23. The number of carbonyl (C=O) groups is 2. The van der Waals surface area contributed by atoms with E-state index in [2.05, 4.69) is 10.3 Å². The normalized spacial score (nSPS) is 11.7. The van der Waals surface area contributed by atoms with Crippen molar-refractivity contribution < 1.29 is 14.0 Å². The molecule has 3 aromatic rings. The molecule has 0 spiro atoms. The van der Waals surface area contributed by atoms with E-state index in [1.165, 1.54) is 28.8 Å². The highest BCUT2D eigenvalue weighted by Crippen LogP contribution is 2.26. The molecule has 1 unspecified atom stereocenters. The van der Waals surface area contributed by atoms with Gasteiger partial charge in [-0.3, -0.25) is 14.2 Å². The molecular formula is C23H25FN4O2S. The fourth-order valence-electron chi connectivity index (χ4n) is 3.15. The Balaban J connectivity index is 1.61. The summed E-state index contributed by atoms with van der Waals surface area (Å²) in [5, 5.41) is 2.97. The number of hydrogen-bond donors (Lipinski definition) is 1. The third-order valence-corrected chi connectivity index (χ3v) is 5.82. The molecular weight excluding hydrogens is 415 g/mol. The maximum absolute atomic E-state index is 13.6. The monoisotopic (exact) mass is 440 g/mol. The summed E-state index contributed by atoms with van der Waals surface area (Å²) < 4.78 is 15.3. The minimum atomic E-state index is -0.476. The summed E-state index contributed by atoms with van der Waals surface area (Å²) in [6, 6.07) is 13.8. The number of amides is 2. The number of hydrogen-bond acceptors (Lipinski definition) is 4. The molecule has 3 rings (SSSR count). The number of thioether (sulfide) groups is 1. The van der Waals surface area contributed by atoms with Crippen LogP contribution in [0, 0.1) is 5.82 Å². The first kappa shape index (κ1) is 22.6. The second-order valence-electron chi connectivity index (χ2n) is 7.07. The molecule has 6 nitrogen and oxygen atoms in total. The maximum Gasteiger partial charge on any atom is 0.243 e. The van der Waals surface area contributed by atoms with E-state index in [0.717, 1.165) is 17.7 Å². The largest absolute Gasteiger partial charge is 0.335 e. The zero-order chi connectivity index (χ0) is 22.4. The van der Waals surface area contributed by atoms with Crippen LogP contribution in [0.3, 0.4) is 0 Å². The Bertz CT molecular complexity index is 1070. The summed E-state index contributed by atoms with van der Waals surface area (Å²) in [6.45, 7) is 3.73. The van der Waals surface area contributed by atoms with Gasteiger partial charge >= 0.3 is 0 Å². The van der Waals surface area contributed by atoms with Gasteiger partial charge in [-0.05, 0) is 43.2 Å². The van der Waals surface area contributed by atoms with Crippen molar-refractivity contribution in [3.05, 3.63) is 72.3 Å². The third kappa shape index (κ3) is 5.73. The molecule has 162 valence electrons. The number of halogens is 1. The molecule has 1 N–H and O–H groups in total. The topological polar surface area (TPSA) is 67.2 Å². The molecule has 31 heavy (non-hydrogen) atoms. The minimum absolute atomic E-state index is 0.0554. The molecule has 8 heteroatoms. The van der Waals surface area contributed by atoms with Gasteiger partial charge in [-0.2, -0.15) is 0 Å². The highest BCUT2D eigenvalue weighted by molar-refractivity contribution is 8.00. The first-order valence-electron chi connectivity index (χ1n) is 9.97. The number of benzene rings is 2. The van der Waals surface area contributed by atoms with E-state index >= 15 is 0 Å². The lowest BCUT2D eigenvalue weighted by Crippen LogP contribution is -2.39. The molecule has 0 saturated carbocycles. The van der Waals surface area contributed by atoms with Gasteiger partial charge in [-0.1, -0.05) is 43.0 Å². The van der Waals surface area contributed by atoms with Gasteiger partial charge < -0.3 is 10.2 Å². The molecule has 0 aliphatic heterocycles. The van der Waals surface area contributed by atoms with Crippen molar-refractivity contribution in [2.24, 2.45) is 0 Å². The predicted molar refractivity (Wildman–Crippen MR) is 121 cm³/mol. The van der Waals surface area contributed by atoms with Crippen LogP contribution in [0.1, 0.15) is 19.4 Å². The predicted octanol–water partition coefficient (Wildman–Crippen LogP) is 4.15. The van der Waals surface area contributed by atoms with Gasteiger partial charge in [0.1, 0.15) is 5.82 Å². The lowest BCUT2D eigenvalue weighted by Gasteiger charge is -2.21. The number of aryl methyl sites for hydroxylation is 1. The van der Waals surface area contributed by atoms with Gasteiger partial charge in [-0.15, -0.1) is 0 Å². The van der Waals surface area contributed by atoms with Crippen molar-refractivity contribution in [3.8, 4) is 5.69 Å². The molecule has 1 atom stereocenters. The van der Waals surface area contributed by atoms with Crippen LogP contribution in [0.25, 0.3) is 5.69 Å². The number of imidazole rings is 1.